The molecule has 44 heavy (non-hydrogen) atoms. The van der Waals surface area contributed by atoms with Crippen LogP contribution in [-0.4, -0.2) is 9.97 Å². The zero-order valence-electron chi connectivity index (χ0n) is 23.6. The maximum atomic E-state index is 6.30. The molecule has 0 spiro atoms. The molecule has 0 saturated carbocycles. The van der Waals surface area contributed by atoms with Gasteiger partial charge < -0.3 is 4.42 Å². The van der Waals surface area contributed by atoms with E-state index in [1.807, 2.05) is 47.7 Å². The van der Waals surface area contributed by atoms with E-state index in [4.69, 9.17) is 14.4 Å². The minimum absolute atomic E-state index is 0.677. The largest absolute Gasteiger partial charge is 0.452 e. The molecule has 0 radical (unpaired) electrons. The van der Waals surface area contributed by atoms with Gasteiger partial charge in [0, 0.05) is 36.7 Å². The molecular weight excluding hydrogens is 557 g/mol. The monoisotopic (exact) mass is 580 g/mol. The Labute approximate surface area is 257 Å². The molecular formula is C40H24N2OS. The summed E-state index contributed by atoms with van der Waals surface area (Å²) in [4.78, 5) is 10.2. The molecule has 4 heteroatoms. The second kappa shape index (κ2) is 10.0. The second-order valence-electron chi connectivity index (χ2n) is 11.0. The molecule has 0 unspecified atom stereocenters. The number of hydrogen-bond acceptors (Lipinski definition) is 4. The highest BCUT2D eigenvalue weighted by atomic mass is 32.1. The molecule has 3 aromatic heterocycles. The average Bonchev–Trinajstić information content (AvgIpc) is 3.67. The molecule has 0 aliphatic carbocycles. The van der Waals surface area contributed by atoms with Crippen molar-refractivity contribution in [2.24, 2.45) is 0 Å². The van der Waals surface area contributed by atoms with Gasteiger partial charge in [-0.1, -0.05) is 115 Å². The van der Waals surface area contributed by atoms with Crippen LogP contribution in [0.25, 0.3) is 87.1 Å². The summed E-state index contributed by atoms with van der Waals surface area (Å²) in [7, 11) is 0. The van der Waals surface area contributed by atoms with Gasteiger partial charge in [-0.05, 0) is 52.6 Å². The molecule has 0 saturated heterocycles. The number of furan rings is 1. The van der Waals surface area contributed by atoms with Crippen LogP contribution in [0.2, 0.25) is 0 Å². The van der Waals surface area contributed by atoms with Crippen molar-refractivity contribution in [2.45, 2.75) is 0 Å². The van der Waals surface area contributed by atoms with Crippen LogP contribution in [0.4, 0.5) is 0 Å². The van der Waals surface area contributed by atoms with Crippen LogP contribution in [0.15, 0.2) is 150 Å². The maximum Gasteiger partial charge on any atom is 0.180 e. The van der Waals surface area contributed by atoms with Gasteiger partial charge in [0.2, 0.25) is 0 Å². The van der Waals surface area contributed by atoms with Crippen molar-refractivity contribution in [2.75, 3.05) is 0 Å². The quantitative estimate of drug-likeness (QED) is 0.208. The Bertz CT molecular complexity index is 2510. The number of rotatable bonds is 4. The molecule has 0 bridgehead atoms. The van der Waals surface area contributed by atoms with Crippen LogP contribution in [-0.2, 0) is 0 Å². The zero-order chi connectivity index (χ0) is 29.0. The molecule has 0 N–H and O–H groups in total. The third kappa shape index (κ3) is 4.03. The van der Waals surface area contributed by atoms with E-state index >= 15 is 0 Å². The van der Waals surface area contributed by atoms with Crippen molar-refractivity contribution >= 4 is 53.6 Å². The number of fused-ring (bicyclic) bond motifs is 6. The molecule has 0 fully saturated rings. The van der Waals surface area contributed by atoms with Gasteiger partial charge in [0.05, 0.1) is 0 Å². The lowest BCUT2D eigenvalue weighted by atomic mass is 9.97. The van der Waals surface area contributed by atoms with E-state index in [0.29, 0.717) is 11.4 Å². The molecule has 9 rings (SSSR count). The summed E-state index contributed by atoms with van der Waals surface area (Å²) >= 11 is 1.86. The fraction of sp³-hybridized carbons (Fsp3) is 0. The van der Waals surface area contributed by atoms with Gasteiger partial charge in [0.1, 0.15) is 16.8 Å². The van der Waals surface area contributed by atoms with Crippen LogP contribution < -0.4 is 0 Å². The molecule has 3 heterocycles. The SMILES string of the molecule is c1ccc(-c2nc(-c3cccc(-c4cccc(-c5cccc6c5sc5ccccc56)c4)c3)nc3c2oc2ccccc23)cc1. The standard InChI is InChI=1S/C40H24N2OS/c1-2-11-25(12-3-1)36-38-37(33-18-4-6-21-34(33)43-38)42-40(41-36)29-16-9-14-27(24-29)26-13-8-15-28(23-26)30-19-10-20-32-31-17-5-7-22-35(31)44-39(30)32/h1-24H. The zero-order valence-corrected chi connectivity index (χ0v) is 24.4. The molecule has 0 aliphatic heterocycles. The summed E-state index contributed by atoms with van der Waals surface area (Å²) < 4.78 is 8.94. The molecule has 6 aromatic carbocycles. The number of aromatic nitrogens is 2. The van der Waals surface area contributed by atoms with E-state index < -0.39 is 0 Å². The Hall–Kier alpha value is -5.58. The van der Waals surface area contributed by atoms with Crippen LogP contribution in [0.1, 0.15) is 0 Å². The first-order chi connectivity index (χ1) is 21.8. The number of hydrogen-bond donors (Lipinski definition) is 0. The van der Waals surface area contributed by atoms with E-state index in [-0.39, 0.29) is 0 Å². The highest BCUT2D eigenvalue weighted by molar-refractivity contribution is 7.26. The Kier molecular flexibility index (Phi) is 5.68. The van der Waals surface area contributed by atoms with E-state index in [1.54, 1.807) is 0 Å². The highest BCUT2D eigenvalue weighted by Crippen LogP contribution is 2.41. The van der Waals surface area contributed by atoms with Gasteiger partial charge in [-0.3, -0.25) is 0 Å². The topological polar surface area (TPSA) is 38.9 Å². The van der Waals surface area contributed by atoms with E-state index in [1.165, 1.54) is 31.3 Å². The normalized spacial score (nSPS) is 11.6. The van der Waals surface area contributed by atoms with Crippen molar-refractivity contribution < 1.29 is 4.42 Å². The lowest BCUT2D eigenvalue weighted by molar-refractivity contribution is 0.667. The number of benzene rings is 6. The van der Waals surface area contributed by atoms with Crippen LogP contribution in [0.3, 0.4) is 0 Å². The summed E-state index contributed by atoms with van der Waals surface area (Å²) in [5.41, 5.74) is 9.84. The average molecular weight is 581 g/mol. The lowest BCUT2D eigenvalue weighted by Crippen LogP contribution is -1.94. The molecule has 206 valence electrons. The second-order valence-corrected chi connectivity index (χ2v) is 12.0. The predicted molar refractivity (Wildman–Crippen MR) is 184 cm³/mol. The minimum Gasteiger partial charge on any atom is -0.452 e. The third-order valence-electron chi connectivity index (χ3n) is 8.30. The summed E-state index contributed by atoms with van der Waals surface area (Å²) in [6.07, 6.45) is 0. The number of thiophene rings is 1. The van der Waals surface area contributed by atoms with Crippen LogP contribution in [0.5, 0.6) is 0 Å². The van der Waals surface area contributed by atoms with E-state index in [2.05, 4.69) is 109 Å². The molecule has 0 aliphatic rings. The first kappa shape index (κ1) is 25.0. The summed E-state index contributed by atoms with van der Waals surface area (Å²) in [5.74, 6) is 0.677. The van der Waals surface area contributed by atoms with Crippen molar-refractivity contribution in [3.05, 3.63) is 146 Å². The number of para-hydroxylation sites is 1. The molecule has 0 amide bonds. The molecule has 3 nitrogen and oxygen atoms in total. The Morgan fingerprint density at radius 2 is 1.11 bits per heavy atom. The fourth-order valence-electron chi connectivity index (χ4n) is 6.19. The summed E-state index contributed by atoms with van der Waals surface area (Å²) in [5, 5.41) is 3.61. The Balaban J connectivity index is 1.18. The molecule has 0 atom stereocenters. The van der Waals surface area contributed by atoms with Gasteiger partial charge >= 0.3 is 0 Å². The Morgan fingerprint density at radius 3 is 1.98 bits per heavy atom. The maximum absolute atomic E-state index is 6.30. The van der Waals surface area contributed by atoms with Gasteiger partial charge in [-0.2, -0.15) is 0 Å². The van der Waals surface area contributed by atoms with Gasteiger partial charge in [0.15, 0.2) is 11.4 Å². The first-order valence-electron chi connectivity index (χ1n) is 14.7. The van der Waals surface area contributed by atoms with E-state index in [9.17, 15) is 0 Å². The summed E-state index contributed by atoms with van der Waals surface area (Å²) in [6.45, 7) is 0. The van der Waals surface area contributed by atoms with Gasteiger partial charge in [-0.25, -0.2) is 9.97 Å². The van der Waals surface area contributed by atoms with Gasteiger partial charge in [-0.15, -0.1) is 11.3 Å². The van der Waals surface area contributed by atoms with Crippen LogP contribution >= 0.6 is 11.3 Å². The number of nitrogens with zero attached hydrogens (tertiary/aromatic N) is 2. The lowest BCUT2D eigenvalue weighted by Gasteiger charge is -2.10. The predicted octanol–water partition coefficient (Wildman–Crippen LogP) is 11.4. The Morgan fingerprint density at radius 1 is 0.477 bits per heavy atom. The minimum atomic E-state index is 0.677. The molecule has 9 aromatic rings. The third-order valence-corrected chi connectivity index (χ3v) is 9.52. The van der Waals surface area contributed by atoms with Gasteiger partial charge in [0.25, 0.3) is 0 Å². The fourth-order valence-corrected chi connectivity index (χ4v) is 7.43. The van der Waals surface area contributed by atoms with Crippen molar-refractivity contribution in [1.29, 1.82) is 0 Å². The first-order valence-corrected chi connectivity index (χ1v) is 15.5. The van der Waals surface area contributed by atoms with Crippen molar-refractivity contribution in [1.82, 2.24) is 9.97 Å². The van der Waals surface area contributed by atoms with Crippen LogP contribution in [0, 0.1) is 0 Å². The smallest absolute Gasteiger partial charge is 0.180 e. The highest BCUT2D eigenvalue weighted by Gasteiger charge is 2.18. The van der Waals surface area contributed by atoms with E-state index in [0.717, 1.165) is 44.4 Å². The van der Waals surface area contributed by atoms with Crippen molar-refractivity contribution in [3.63, 3.8) is 0 Å². The van der Waals surface area contributed by atoms with Crippen molar-refractivity contribution in [3.8, 4) is 44.9 Å². The summed E-state index contributed by atoms with van der Waals surface area (Å²) in [6, 6.07) is 50.9.